The van der Waals surface area contributed by atoms with Crippen LogP contribution in [0.4, 0.5) is 11.4 Å². The number of allylic oxidation sites excluding steroid dienone is 4. The fourth-order valence-electron chi connectivity index (χ4n) is 4.89. The van der Waals surface area contributed by atoms with Crippen LogP contribution in [0.1, 0.15) is 44.7 Å². The van der Waals surface area contributed by atoms with Gasteiger partial charge in [-0.15, -0.1) is 0 Å². The van der Waals surface area contributed by atoms with Crippen LogP contribution in [-0.4, -0.2) is 9.97 Å². The summed E-state index contributed by atoms with van der Waals surface area (Å²) in [6, 6.07) is 21.0. The molecule has 0 unspecified atom stereocenters. The molecular formula is C29H25N3O2. The monoisotopic (exact) mass is 447 g/mol. The number of para-hydroxylation sites is 2. The first kappa shape index (κ1) is 20.5. The maximum atomic E-state index is 6.01. The minimum absolute atomic E-state index is 0.0675. The summed E-state index contributed by atoms with van der Waals surface area (Å²) in [6.45, 7) is 8.74. The molecule has 0 aliphatic carbocycles. The van der Waals surface area contributed by atoms with Gasteiger partial charge < -0.3 is 13.7 Å². The van der Waals surface area contributed by atoms with Crippen LogP contribution in [0.2, 0.25) is 0 Å². The molecule has 0 amide bonds. The van der Waals surface area contributed by atoms with Crippen LogP contribution in [0.25, 0.3) is 27.8 Å². The number of aromatic nitrogens is 2. The van der Waals surface area contributed by atoms with Crippen LogP contribution in [0.5, 0.6) is 0 Å². The molecule has 1 aliphatic heterocycles. The second-order valence-electron chi connectivity index (χ2n) is 9.31. The van der Waals surface area contributed by atoms with Crippen LogP contribution in [0.3, 0.4) is 0 Å². The maximum absolute atomic E-state index is 6.01. The highest BCUT2D eigenvalue weighted by Gasteiger charge is 2.36. The molecule has 0 saturated carbocycles. The molecule has 3 heterocycles. The van der Waals surface area contributed by atoms with Gasteiger partial charge in [-0.3, -0.25) is 0 Å². The van der Waals surface area contributed by atoms with Gasteiger partial charge in [-0.05, 0) is 49.2 Å². The number of rotatable bonds is 3. The number of hydrogen-bond acceptors (Lipinski definition) is 5. The Morgan fingerprint density at radius 2 is 1.53 bits per heavy atom. The van der Waals surface area contributed by atoms with E-state index < -0.39 is 0 Å². The summed E-state index contributed by atoms with van der Waals surface area (Å²) in [5.41, 5.74) is 9.98. The quantitative estimate of drug-likeness (QED) is 0.265. The van der Waals surface area contributed by atoms with Crippen molar-refractivity contribution in [3.63, 3.8) is 0 Å². The summed E-state index contributed by atoms with van der Waals surface area (Å²) in [7, 11) is 0. The van der Waals surface area contributed by atoms with Gasteiger partial charge in [-0.1, -0.05) is 56.3 Å². The molecule has 0 atom stereocenters. The Labute approximate surface area is 198 Å². The molecule has 5 nitrogen and oxygen atoms in total. The second-order valence-corrected chi connectivity index (χ2v) is 9.31. The first-order valence-corrected chi connectivity index (χ1v) is 11.4. The summed E-state index contributed by atoms with van der Waals surface area (Å²) in [5, 5.41) is 0. The second kappa shape index (κ2) is 7.45. The van der Waals surface area contributed by atoms with Gasteiger partial charge in [-0.2, -0.15) is 0 Å². The first-order valence-electron chi connectivity index (χ1n) is 11.4. The van der Waals surface area contributed by atoms with Gasteiger partial charge in [0.2, 0.25) is 5.89 Å². The topological polar surface area (TPSA) is 55.3 Å². The van der Waals surface area contributed by atoms with E-state index in [9.17, 15) is 0 Å². The number of oxazole rings is 2. The Bertz CT molecular complexity index is 1520. The van der Waals surface area contributed by atoms with E-state index in [1.54, 1.807) is 0 Å². The molecule has 34 heavy (non-hydrogen) atoms. The SMILES string of the molecule is C/C(=C\C=C(/C)N1c2ccccc2C(C)(C)c2ccccc21)c1nc2cc3ncoc3cc2o1. The standard InChI is InChI=1S/C29H25N3O2/c1-18(28-31-23-15-22-26(33-17-30-22)16-27(23)34-28)13-14-19(2)32-24-11-7-5-9-20(24)29(3,4)21-10-6-8-12-25(21)32/h5-17H,1-4H3/b18-13+,19-14+. The van der Waals surface area contributed by atoms with Crippen molar-refractivity contribution in [2.24, 2.45) is 0 Å². The first-order chi connectivity index (χ1) is 16.4. The van der Waals surface area contributed by atoms with Gasteiger partial charge in [0.05, 0.1) is 0 Å². The average molecular weight is 448 g/mol. The molecule has 0 N–H and O–H groups in total. The van der Waals surface area contributed by atoms with Crippen molar-refractivity contribution in [3.05, 3.63) is 102 Å². The van der Waals surface area contributed by atoms with E-state index in [0.29, 0.717) is 17.1 Å². The van der Waals surface area contributed by atoms with Crippen LogP contribution < -0.4 is 4.90 Å². The van der Waals surface area contributed by atoms with Crippen molar-refractivity contribution < 1.29 is 8.83 Å². The maximum Gasteiger partial charge on any atom is 0.222 e. The van der Waals surface area contributed by atoms with E-state index in [1.807, 2.05) is 19.1 Å². The van der Waals surface area contributed by atoms with E-state index in [2.05, 4.69) is 96.3 Å². The third-order valence-corrected chi connectivity index (χ3v) is 6.74. The lowest BCUT2D eigenvalue weighted by Gasteiger charge is -2.42. The predicted molar refractivity (Wildman–Crippen MR) is 136 cm³/mol. The third-order valence-electron chi connectivity index (χ3n) is 6.74. The van der Waals surface area contributed by atoms with Gasteiger partial charge in [0, 0.05) is 34.1 Å². The molecular weight excluding hydrogens is 422 g/mol. The van der Waals surface area contributed by atoms with Crippen LogP contribution >= 0.6 is 0 Å². The minimum atomic E-state index is -0.0675. The number of benzene rings is 3. The number of fused-ring (bicyclic) bond motifs is 4. The lowest BCUT2D eigenvalue weighted by Crippen LogP contribution is -2.31. The summed E-state index contributed by atoms with van der Waals surface area (Å²) in [6.07, 6.45) is 5.62. The molecule has 0 saturated heterocycles. The summed E-state index contributed by atoms with van der Waals surface area (Å²) in [5.74, 6) is 0.590. The Balaban J connectivity index is 1.41. The fraction of sp³-hybridized carbons (Fsp3) is 0.172. The van der Waals surface area contributed by atoms with Gasteiger partial charge in [-0.25, -0.2) is 9.97 Å². The Morgan fingerprint density at radius 3 is 2.24 bits per heavy atom. The molecule has 0 radical (unpaired) electrons. The van der Waals surface area contributed by atoms with Crippen molar-refractivity contribution in [1.82, 2.24) is 9.97 Å². The van der Waals surface area contributed by atoms with Crippen molar-refractivity contribution in [2.75, 3.05) is 4.90 Å². The van der Waals surface area contributed by atoms with E-state index >= 15 is 0 Å². The van der Waals surface area contributed by atoms with Crippen molar-refractivity contribution in [1.29, 1.82) is 0 Å². The van der Waals surface area contributed by atoms with E-state index in [-0.39, 0.29) is 5.41 Å². The fourth-order valence-corrected chi connectivity index (χ4v) is 4.89. The number of nitrogens with zero attached hydrogens (tertiary/aromatic N) is 3. The largest absolute Gasteiger partial charge is 0.443 e. The molecule has 1 aliphatic rings. The Kier molecular flexibility index (Phi) is 4.49. The zero-order valence-corrected chi connectivity index (χ0v) is 19.7. The molecule has 0 fully saturated rings. The van der Waals surface area contributed by atoms with Gasteiger partial charge in [0.1, 0.15) is 11.0 Å². The molecule has 5 aromatic rings. The molecule has 2 aromatic heterocycles. The molecule has 168 valence electrons. The van der Waals surface area contributed by atoms with Gasteiger partial charge >= 0.3 is 0 Å². The minimum Gasteiger partial charge on any atom is -0.443 e. The van der Waals surface area contributed by atoms with Crippen LogP contribution in [0, 0.1) is 0 Å². The highest BCUT2D eigenvalue weighted by Crippen LogP contribution is 2.49. The van der Waals surface area contributed by atoms with Crippen LogP contribution in [-0.2, 0) is 5.41 Å². The highest BCUT2D eigenvalue weighted by molar-refractivity contribution is 5.89. The predicted octanol–water partition coefficient (Wildman–Crippen LogP) is 7.75. The number of hydrogen-bond donors (Lipinski definition) is 0. The van der Waals surface area contributed by atoms with Gasteiger partial charge in [0.25, 0.3) is 0 Å². The van der Waals surface area contributed by atoms with Crippen LogP contribution in [0.15, 0.2) is 93.7 Å². The molecule has 3 aromatic carbocycles. The summed E-state index contributed by atoms with van der Waals surface area (Å²) < 4.78 is 11.4. The smallest absolute Gasteiger partial charge is 0.222 e. The zero-order valence-electron chi connectivity index (χ0n) is 19.7. The summed E-state index contributed by atoms with van der Waals surface area (Å²) >= 11 is 0. The van der Waals surface area contributed by atoms with E-state index in [1.165, 1.54) is 28.9 Å². The third kappa shape index (κ3) is 3.08. The molecule has 5 heteroatoms. The molecule has 0 bridgehead atoms. The lowest BCUT2D eigenvalue weighted by atomic mass is 9.73. The van der Waals surface area contributed by atoms with Crippen molar-refractivity contribution in [2.45, 2.75) is 33.1 Å². The molecule has 6 rings (SSSR count). The van der Waals surface area contributed by atoms with E-state index in [4.69, 9.17) is 8.83 Å². The Morgan fingerprint density at radius 1 is 0.853 bits per heavy atom. The van der Waals surface area contributed by atoms with Crippen molar-refractivity contribution in [3.8, 4) is 0 Å². The zero-order chi connectivity index (χ0) is 23.4. The Hall–Kier alpha value is -4.12. The normalized spacial score (nSPS) is 15.6. The van der Waals surface area contributed by atoms with E-state index in [0.717, 1.165) is 22.3 Å². The van der Waals surface area contributed by atoms with Gasteiger partial charge in [0.15, 0.2) is 17.6 Å². The van der Waals surface area contributed by atoms with Crippen molar-refractivity contribution >= 4 is 39.1 Å². The highest BCUT2D eigenvalue weighted by atomic mass is 16.4. The lowest BCUT2D eigenvalue weighted by molar-refractivity contribution is 0.579. The average Bonchev–Trinajstić information content (AvgIpc) is 3.47. The molecule has 0 spiro atoms. The summed E-state index contributed by atoms with van der Waals surface area (Å²) in [4.78, 5) is 11.2. The number of anilines is 2.